The lowest BCUT2D eigenvalue weighted by atomic mass is 10.4. The van der Waals surface area contributed by atoms with Gasteiger partial charge in [-0.3, -0.25) is 9.69 Å². The van der Waals surface area contributed by atoms with Crippen molar-refractivity contribution >= 4 is 11.9 Å². The maximum absolute atomic E-state index is 11.5. The van der Waals surface area contributed by atoms with Crippen molar-refractivity contribution in [3.63, 3.8) is 0 Å². The average molecular weight is 273 g/mol. The molecular weight excluding hydrogens is 258 g/mol. The molecule has 0 radical (unpaired) electrons. The Kier molecular flexibility index (Phi) is 5.15. The molecule has 0 aromatic carbocycles. The van der Waals surface area contributed by atoms with Gasteiger partial charge in [0.25, 0.3) is 0 Å². The molecule has 0 aliphatic carbocycles. The van der Waals surface area contributed by atoms with Gasteiger partial charge in [0, 0.05) is 25.2 Å². The number of carbonyl (C=O) groups is 2. The summed E-state index contributed by atoms with van der Waals surface area (Å²) in [4.78, 5) is 28.1. The van der Waals surface area contributed by atoms with E-state index in [-0.39, 0.29) is 26.2 Å². The summed E-state index contributed by atoms with van der Waals surface area (Å²) in [6.45, 7) is -0.317. The zero-order valence-corrected chi connectivity index (χ0v) is 10.0. The SMILES string of the molecule is NCCN(CC(=O)O)CC(=O)On1c(O)ccc1O. The predicted octanol–water partition coefficient (Wildman–Crippen LogP) is -1.80. The van der Waals surface area contributed by atoms with Gasteiger partial charge < -0.3 is 25.9 Å². The number of hydrogen-bond donors (Lipinski definition) is 4. The molecule has 0 saturated heterocycles. The second-order valence-corrected chi connectivity index (χ2v) is 3.70. The summed E-state index contributed by atoms with van der Waals surface area (Å²) in [7, 11) is 0. The van der Waals surface area contributed by atoms with E-state index in [2.05, 4.69) is 4.84 Å². The first-order chi connectivity index (χ1) is 8.93. The van der Waals surface area contributed by atoms with Crippen LogP contribution in [0.25, 0.3) is 0 Å². The molecule has 0 bridgehead atoms. The summed E-state index contributed by atoms with van der Waals surface area (Å²) in [5, 5.41) is 27.2. The van der Waals surface area contributed by atoms with E-state index in [1.165, 1.54) is 4.90 Å². The highest BCUT2D eigenvalue weighted by atomic mass is 16.7. The summed E-state index contributed by atoms with van der Waals surface area (Å²) in [5.41, 5.74) is 5.29. The van der Waals surface area contributed by atoms with E-state index in [0.717, 1.165) is 12.1 Å². The lowest BCUT2D eigenvalue weighted by Crippen LogP contribution is -2.40. The number of carboxylic acid groups (broad SMARTS) is 1. The molecule has 0 unspecified atom stereocenters. The van der Waals surface area contributed by atoms with Crippen LogP contribution in [0.3, 0.4) is 0 Å². The van der Waals surface area contributed by atoms with E-state index in [1.54, 1.807) is 0 Å². The molecule has 106 valence electrons. The largest absolute Gasteiger partial charge is 0.492 e. The molecule has 0 fully saturated rings. The second kappa shape index (κ2) is 6.61. The fraction of sp³-hybridized carbons (Fsp3) is 0.400. The van der Waals surface area contributed by atoms with Gasteiger partial charge in [-0.05, 0) is 0 Å². The van der Waals surface area contributed by atoms with Gasteiger partial charge in [-0.25, -0.2) is 4.79 Å². The zero-order valence-electron chi connectivity index (χ0n) is 10.0. The summed E-state index contributed by atoms with van der Waals surface area (Å²) in [5.74, 6) is -2.84. The second-order valence-electron chi connectivity index (χ2n) is 3.70. The van der Waals surface area contributed by atoms with Crippen molar-refractivity contribution < 1.29 is 29.7 Å². The van der Waals surface area contributed by atoms with Gasteiger partial charge in [0.05, 0.1) is 6.54 Å². The Labute approximate surface area is 108 Å². The Morgan fingerprint density at radius 2 is 1.84 bits per heavy atom. The van der Waals surface area contributed by atoms with E-state index in [1.807, 2.05) is 0 Å². The number of nitrogens with zero attached hydrogens (tertiary/aromatic N) is 2. The third kappa shape index (κ3) is 4.48. The van der Waals surface area contributed by atoms with Crippen LogP contribution < -0.4 is 10.6 Å². The lowest BCUT2D eigenvalue weighted by Gasteiger charge is -2.18. The maximum atomic E-state index is 11.5. The van der Waals surface area contributed by atoms with E-state index < -0.39 is 23.7 Å². The van der Waals surface area contributed by atoms with Crippen LogP contribution in [0.2, 0.25) is 0 Å². The number of rotatable bonds is 7. The number of nitrogens with two attached hydrogens (primary N) is 1. The molecule has 0 aliphatic rings. The zero-order chi connectivity index (χ0) is 14.4. The standard InChI is InChI=1S/C10H15N3O6/c11-3-4-12(5-9(16)17)6-10(18)19-13-7(14)1-2-8(13)15/h1-2,14-15H,3-6,11H2,(H,16,17). The smallest absolute Gasteiger partial charge is 0.347 e. The Morgan fingerprint density at radius 3 is 2.32 bits per heavy atom. The lowest BCUT2D eigenvalue weighted by molar-refractivity contribution is -0.148. The van der Waals surface area contributed by atoms with Crippen LogP contribution in [0.5, 0.6) is 11.8 Å². The quantitative estimate of drug-likeness (QED) is 0.456. The summed E-state index contributed by atoms with van der Waals surface area (Å²) in [6, 6.07) is 2.27. The van der Waals surface area contributed by atoms with Crippen LogP contribution in [-0.2, 0) is 9.59 Å². The van der Waals surface area contributed by atoms with Gasteiger partial charge in [0.2, 0.25) is 11.8 Å². The third-order valence-electron chi connectivity index (χ3n) is 2.15. The van der Waals surface area contributed by atoms with E-state index in [4.69, 9.17) is 10.8 Å². The van der Waals surface area contributed by atoms with Crippen LogP contribution >= 0.6 is 0 Å². The summed E-state index contributed by atoms with van der Waals surface area (Å²) < 4.78 is 0.531. The highest BCUT2D eigenvalue weighted by Crippen LogP contribution is 2.18. The van der Waals surface area contributed by atoms with E-state index >= 15 is 0 Å². The topological polar surface area (TPSA) is 138 Å². The predicted molar refractivity (Wildman–Crippen MR) is 62.5 cm³/mol. The molecule has 9 nitrogen and oxygen atoms in total. The molecule has 0 saturated carbocycles. The van der Waals surface area contributed by atoms with Crippen molar-refractivity contribution in [2.24, 2.45) is 5.73 Å². The van der Waals surface area contributed by atoms with E-state index in [9.17, 15) is 19.8 Å². The summed E-state index contributed by atoms with van der Waals surface area (Å²) in [6.07, 6.45) is 0. The fourth-order valence-corrected chi connectivity index (χ4v) is 1.40. The Bertz CT molecular complexity index is 439. The van der Waals surface area contributed by atoms with Gasteiger partial charge in [-0.1, -0.05) is 0 Å². The van der Waals surface area contributed by atoms with Gasteiger partial charge in [-0.2, -0.15) is 0 Å². The average Bonchev–Trinajstić information content (AvgIpc) is 2.60. The van der Waals surface area contributed by atoms with Gasteiger partial charge in [0.1, 0.15) is 6.54 Å². The first kappa shape index (κ1) is 14.8. The van der Waals surface area contributed by atoms with Crippen LogP contribution in [0.1, 0.15) is 0 Å². The highest BCUT2D eigenvalue weighted by Gasteiger charge is 2.17. The molecule has 0 spiro atoms. The van der Waals surface area contributed by atoms with Crippen LogP contribution in [0.15, 0.2) is 12.1 Å². The van der Waals surface area contributed by atoms with Crippen molar-refractivity contribution in [1.29, 1.82) is 0 Å². The number of aliphatic carboxylic acids is 1. The number of hydrogen-bond acceptors (Lipinski definition) is 7. The van der Waals surface area contributed by atoms with Crippen molar-refractivity contribution in [2.45, 2.75) is 0 Å². The van der Waals surface area contributed by atoms with Gasteiger partial charge in [0.15, 0.2) is 0 Å². The fourth-order valence-electron chi connectivity index (χ4n) is 1.40. The van der Waals surface area contributed by atoms with Crippen molar-refractivity contribution in [3.05, 3.63) is 12.1 Å². The first-order valence-corrected chi connectivity index (χ1v) is 5.39. The number of aromatic nitrogens is 1. The number of aromatic hydroxyl groups is 2. The van der Waals surface area contributed by atoms with Crippen LogP contribution in [0, 0.1) is 0 Å². The molecular formula is C10H15N3O6. The molecule has 0 atom stereocenters. The molecule has 9 heteroatoms. The number of carbonyl (C=O) groups excluding carboxylic acids is 1. The third-order valence-corrected chi connectivity index (χ3v) is 2.15. The van der Waals surface area contributed by atoms with Crippen molar-refractivity contribution in [1.82, 2.24) is 9.63 Å². The van der Waals surface area contributed by atoms with Crippen LogP contribution in [-0.4, -0.2) is 63.1 Å². The molecule has 1 aromatic rings. The number of carboxylic acids is 1. The molecule has 19 heavy (non-hydrogen) atoms. The molecule has 1 aromatic heterocycles. The first-order valence-electron chi connectivity index (χ1n) is 5.39. The van der Waals surface area contributed by atoms with Crippen molar-refractivity contribution in [3.8, 4) is 11.8 Å². The molecule has 0 amide bonds. The van der Waals surface area contributed by atoms with Crippen LogP contribution in [0.4, 0.5) is 0 Å². The molecule has 5 N–H and O–H groups in total. The van der Waals surface area contributed by atoms with Gasteiger partial charge >= 0.3 is 11.9 Å². The maximum Gasteiger partial charge on any atom is 0.347 e. The Balaban J connectivity index is 2.60. The minimum absolute atomic E-state index is 0.181. The summed E-state index contributed by atoms with van der Waals surface area (Å²) >= 11 is 0. The highest BCUT2D eigenvalue weighted by molar-refractivity contribution is 5.74. The monoisotopic (exact) mass is 273 g/mol. The Morgan fingerprint density at radius 1 is 1.26 bits per heavy atom. The normalized spacial score (nSPS) is 10.6. The Hall–Kier alpha value is -2.26. The van der Waals surface area contributed by atoms with E-state index in [0.29, 0.717) is 4.73 Å². The van der Waals surface area contributed by atoms with Crippen molar-refractivity contribution in [2.75, 3.05) is 26.2 Å². The van der Waals surface area contributed by atoms with Gasteiger partial charge in [-0.15, -0.1) is 4.73 Å². The molecule has 1 heterocycles. The molecule has 1 rings (SSSR count). The molecule has 0 aliphatic heterocycles. The minimum atomic E-state index is -1.10. The minimum Gasteiger partial charge on any atom is -0.492 e.